The second-order valence-electron chi connectivity index (χ2n) is 6.09. The Morgan fingerprint density at radius 2 is 1.82 bits per heavy atom. The van der Waals surface area contributed by atoms with Crippen LogP contribution in [0.25, 0.3) is 23.1 Å². The zero-order valence-corrected chi connectivity index (χ0v) is 14.8. The van der Waals surface area contributed by atoms with Crippen LogP contribution in [-0.2, 0) is 17.5 Å². The molecule has 1 amide bonds. The molecule has 28 heavy (non-hydrogen) atoms. The normalized spacial score (nSPS) is 11.7. The minimum atomic E-state index is -4.35. The fourth-order valence-corrected chi connectivity index (χ4v) is 2.77. The molecule has 0 atom stereocenters. The van der Waals surface area contributed by atoms with Gasteiger partial charge in [0.15, 0.2) is 0 Å². The van der Waals surface area contributed by atoms with Gasteiger partial charge in [0.25, 0.3) is 0 Å². The molecule has 3 aromatic rings. The minimum absolute atomic E-state index is 0.261. The first kappa shape index (κ1) is 19.4. The molecule has 1 aromatic heterocycles. The molecule has 1 heterocycles. The summed E-state index contributed by atoms with van der Waals surface area (Å²) in [5.74, 6) is -0.261. The highest BCUT2D eigenvalue weighted by Gasteiger charge is 2.29. The Labute approximate surface area is 160 Å². The van der Waals surface area contributed by atoms with E-state index in [4.69, 9.17) is 0 Å². The van der Waals surface area contributed by atoms with Crippen LogP contribution in [0.2, 0.25) is 0 Å². The van der Waals surface area contributed by atoms with E-state index in [1.165, 1.54) is 18.2 Å². The lowest BCUT2D eigenvalue weighted by Gasteiger charge is -2.09. The summed E-state index contributed by atoms with van der Waals surface area (Å²) in [5, 5.41) is 3.63. The number of aromatic nitrogens is 1. The summed E-state index contributed by atoms with van der Waals surface area (Å²) >= 11 is 0. The van der Waals surface area contributed by atoms with Gasteiger partial charge in [-0.15, -0.1) is 0 Å². The molecular weight excluding hydrogens is 365 g/mol. The van der Waals surface area contributed by atoms with Crippen molar-refractivity contribution in [1.29, 1.82) is 0 Å². The monoisotopic (exact) mass is 382 g/mol. The van der Waals surface area contributed by atoms with Crippen molar-refractivity contribution in [2.24, 2.45) is 0 Å². The molecule has 0 radical (unpaired) electrons. The van der Waals surface area contributed by atoms with Gasteiger partial charge in [-0.25, -0.2) is 0 Å². The number of nitrogens with zero attached hydrogens (tertiary/aromatic N) is 1. The number of amides is 1. The number of hydrogen-bond donors (Lipinski definition) is 1. The number of carbonyl (C=O) groups is 1. The molecule has 0 spiro atoms. The maximum Gasteiger partial charge on any atom is 0.416 e. The highest BCUT2D eigenvalue weighted by Crippen LogP contribution is 2.29. The van der Waals surface area contributed by atoms with E-state index in [9.17, 15) is 18.0 Å². The quantitative estimate of drug-likeness (QED) is 0.485. The van der Waals surface area contributed by atoms with Crippen LogP contribution in [0.3, 0.4) is 0 Å². The summed E-state index contributed by atoms with van der Waals surface area (Å²) in [6.45, 7) is 3.77. The van der Waals surface area contributed by atoms with Crippen LogP contribution in [0.1, 0.15) is 22.3 Å². The maximum atomic E-state index is 12.7. The lowest BCUT2D eigenvalue weighted by molar-refractivity contribution is -0.137. The van der Waals surface area contributed by atoms with Crippen LogP contribution < -0.4 is 5.32 Å². The summed E-state index contributed by atoms with van der Waals surface area (Å²) < 4.78 is 38.0. The Morgan fingerprint density at radius 1 is 1.07 bits per heavy atom. The molecule has 0 saturated carbocycles. The SMILES string of the molecule is C=CC(=O)NCc1ccc(/C=C/c2ccc(C(F)(F)F)cc2)c2ncccc12. The number of hydrogen-bond acceptors (Lipinski definition) is 2. The van der Waals surface area contributed by atoms with Crippen molar-refractivity contribution in [1.82, 2.24) is 10.3 Å². The summed E-state index contributed by atoms with van der Waals surface area (Å²) in [4.78, 5) is 15.8. The number of nitrogens with one attached hydrogen (secondary N) is 1. The molecule has 3 rings (SSSR count). The minimum Gasteiger partial charge on any atom is -0.348 e. The second-order valence-corrected chi connectivity index (χ2v) is 6.09. The van der Waals surface area contributed by atoms with E-state index in [0.29, 0.717) is 12.1 Å². The predicted octanol–water partition coefficient (Wildman–Crippen LogP) is 5.23. The van der Waals surface area contributed by atoms with Gasteiger partial charge in [-0.2, -0.15) is 13.2 Å². The van der Waals surface area contributed by atoms with E-state index < -0.39 is 11.7 Å². The molecule has 0 bridgehead atoms. The van der Waals surface area contributed by atoms with Gasteiger partial charge in [0.1, 0.15) is 0 Å². The summed E-state index contributed by atoms with van der Waals surface area (Å²) in [7, 11) is 0. The van der Waals surface area contributed by atoms with Crippen molar-refractivity contribution in [3.8, 4) is 0 Å². The lowest BCUT2D eigenvalue weighted by atomic mass is 10.0. The largest absolute Gasteiger partial charge is 0.416 e. The first-order chi connectivity index (χ1) is 13.4. The van der Waals surface area contributed by atoms with Gasteiger partial charge in [0.05, 0.1) is 11.1 Å². The number of carbonyl (C=O) groups excluding carboxylic acids is 1. The molecule has 142 valence electrons. The van der Waals surface area contributed by atoms with Crippen LogP contribution in [0.5, 0.6) is 0 Å². The number of pyridine rings is 1. The Morgan fingerprint density at radius 3 is 2.50 bits per heavy atom. The number of halogens is 3. The number of benzene rings is 2. The molecule has 1 N–H and O–H groups in total. The van der Waals surface area contributed by atoms with Gasteiger partial charge in [0.2, 0.25) is 5.91 Å². The predicted molar refractivity (Wildman–Crippen MR) is 104 cm³/mol. The van der Waals surface area contributed by atoms with Gasteiger partial charge in [-0.1, -0.05) is 49.1 Å². The Balaban J connectivity index is 1.88. The van der Waals surface area contributed by atoms with Gasteiger partial charge in [-0.05, 0) is 35.4 Å². The van der Waals surface area contributed by atoms with Gasteiger partial charge >= 0.3 is 6.18 Å². The van der Waals surface area contributed by atoms with Crippen LogP contribution in [-0.4, -0.2) is 10.9 Å². The fourth-order valence-electron chi connectivity index (χ4n) is 2.77. The topological polar surface area (TPSA) is 42.0 Å². The smallest absolute Gasteiger partial charge is 0.348 e. The molecule has 2 aromatic carbocycles. The molecule has 6 heteroatoms. The second kappa shape index (κ2) is 8.08. The van der Waals surface area contributed by atoms with Crippen LogP contribution >= 0.6 is 0 Å². The first-order valence-corrected chi connectivity index (χ1v) is 8.50. The van der Waals surface area contributed by atoms with E-state index in [2.05, 4.69) is 16.9 Å². The zero-order chi connectivity index (χ0) is 20.1. The average molecular weight is 382 g/mol. The van der Waals surface area contributed by atoms with Gasteiger partial charge in [0, 0.05) is 23.7 Å². The fraction of sp³-hybridized carbons (Fsp3) is 0.0909. The molecular formula is C22H17F3N2O. The average Bonchev–Trinajstić information content (AvgIpc) is 2.70. The van der Waals surface area contributed by atoms with Crippen LogP contribution in [0.15, 0.2) is 67.4 Å². The highest BCUT2D eigenvalue weighted by atomic mass is 19.4. The lowest BCUT2D eigenvalue weighted by Crippen LogP contribution is -2.20. The van der Waals surface area contributed by atoms with E-state index in [-0.39, 0.29) is 5.91 Å². The molecule has 0 aliphatic rings. The Kier molecular flexibility index (Phi) is 5.59. The molecule has 0 fully saturated rings. The summed E-state index contributed by atoms with van der Waals surface area (Å²) in [5.41, 5.74) is 2.46. The third-order valence-corrected chi connectivity index (χ3v) is 4.22. The molecule has 0 aliphatic heterocycles. The first-order valence-electron chi connectivity index (χ1n) is 8.50. The van der Waals surface area contributed by atoms with Gasteiger partial charge < -0.3 is 5.32 Å². The van der Waals surface area contributed by atoms with Gasteiger partial charge in [-0.3, -0.25) is 9.78 Å². The third kappa shape index (κ3) is 4.46. The summed E-state index contributed by atoms with van der Waals surface area (Å²) in [6.07, 6.45) is 2.08. The molecule has 0 unspecified atom stereocenters. The number of rotatable bonds is 5. The number of fused-ring (bicyclic) bond motifs is 1. The van der Waals surface area contributed by atoms with Crippen molar-refractivity contribution < 1.29 is 18.0 Å². The van der Waals surface area contributed by atoms with Crippen LogP contribution in [0, 0.1) is 0 Å². The van der Waals surface area contributed by atoms with Crippen molar-refractivity contribution in [2.45, 2.75) is 12.7 Å². The van der Waals surface area contributed by atoms with Crippen LogP contribution in [0.4, 0.5) is 13.2 Å². The highest BCUT2D eigenvalue weighted by molar-refractivity contribution is 5.92. The molecule has 0 aliphatic carbocycles. The maximum absolute atomic E-state index is 12.7. The zero-order valence-electron chi connectivity index (χ0n) is 14.8. The Hall–Kier alpha value is -3.41. The van der Waals surface area contributed by atoms with E-state index in [1.54, 1.807) is 12.3 Å². The number of alkyl halides is 3. The molecule has 3 nitrogen and oxygen atoms in total. The summed E-state index contributed by atoms with van der Waals surface area (Å²) in [6, 6.07) is 12.4. The van der Waals surface area contributed by atoms with E-state index in [0.717, 1.165) is 34.2 Å². The molecule has 0 saturated heterocycles. The van der Waals surface area contributed by atoms with E-state index in [1.807, 2.05) is 30.3 Å². The Bertz CT molecular complexity index is 1040. The van der Waals surface area contributed by atoms with Crippen molar-refractivity contribution >= 4 is 29.0 Å². The van der Waals surface area contributed by atoms with Crippen molar-refractivity contribution in [3.63, 3.8) is 0 Å². The standard InChI is InChI=1S/C22H17F3N2O/c1-2-20(28)27-14-17-10-9-16(21-19(17)4-3-13-26-21)8-5-15-6-11-18(12-7-15)22(23,24)25/h2-13H,1,14H2,(H,27,28)/b8-5+. The third-order valence-electron chi connectivity index (χ3n) is 4.22. The van der Waals surface area contributed by atoms with Crippen molar-refractivity contribution in [2.75, 3.05) is 0 Å². The van der Waals surface area contributed by atoms with Crippen molar-refractivity contribution in [3.05, 3.63) is 89.6 Å². The van der Waals surface area contributed by atoms with E-state index >= 15 is 0 Å².